The number of anilines is 1. The number of nitrogens with two attached hydrogens (primary N) is 1. The number of rotatable bonds is 4. The zero-order valence-electron chi connectivity index (χ0n) is 15.0. The molecule has 1 aliphatic heterocycles. The quantitative estimate of drug-likeness (QED) is 0.658. The summed E-state index contributed by atoms with van der Waals surface area (Å²) in [7, 11) is 0. The van der Waals surface area contributed by atoms with Crippen molar-refractivity contribution in [3.8, 4) is 0 Å². The van der Waals surface area contributed by atoms with Crippen molar-refractivity contribution in [2.45, 2.75) is 29.6 Å². The van der Waals surface area contributed by atoms with Gasteiger partial charge < -0.3 is 10.6 Å². The van der Waals surface area contributed by atoms with Crippen LogP contribution in [0.25, 0.3) is 5.65 Å². The molecule has 0 amide bonds. The van der Waals surface area contributed by atoms with Gasteiger partial charge in [-0.1, -0.05) is 48.0 Å². The van der Waals surface area contributed by atoms with Crippen molar-refractivity contribution in [3.63, 3.8) is 0 Å². The number of nitrogens with zero attached hydrogens (tertiary/aromatic N) is 4. The van der Waals surface area contributed by atoms with E-state index in [2.05, 4.69) is 16.8 Å². The highest BCUT2D eigenvalue weighted by Gasteiger charge is 2.30. The molecule has 0 spiro atoms. The second kappa shape index (κ2) is 7.51. The SMILES string of the molecule is CC1(CN)CCN(c2ncc(Sc3cccc(Cl)c3Cl)c3nccn23)CC1. The van der Waals surface area contributed by atoms with Gasteiger partial charge in [-0.3, -0.25) is 4.40 Å². The molecule has 3 heterocycles. The summed E-state index contributed by atoms with van der Waals surface area (Å²) in [6.07, 6.45) is 7.76. The van der Waals surface area contributed by atoms with E-state index in [0.717, 1.165) is 53.9 Å². The fourth-order valence-corrected chi connectivity index (χ4v) is 4.72. The average Bonchev–Trinajstić information content (AvgIpc) is 3.17. The number of piperidine rings is 1. The van der Waals surface area contributed by atoms with E-state index in [9.17, 15) is 0 Å². The van der Waals surface area contributed by atoms with Crippen molar-refractivity contribution in [3.05, 3.63) is 46.8 Å². The fourth-order valence-electron chi connectivity index (χ4n) is 3.32. The first-order valence-corrected chi connectivity index (χ1v) is 10.5. The van der Waals surface area contributed by atoms with E-state index in [4.69, 9.17) is 33.9 Å². The minimum Gasteiger partial charge on any atom is -0.342 e. The summed E-state index contributed by atoms with van der Waals surface area (Å²) >= 11 is 14.0. The smallest absolute Gasteiger partial charge is 0.211 e. The molecule has 0 bridgehead atoms. The molecule has 0 atom stereocenters. The van der Waals surface area contributed by atoms with Crippen LogP contribution in [0.2, 0.25) is 10.0 Å². The van der Waals surface area contributed by atoms with Gasteiger partial charge in [0.1, 0.15) is 0 Å². The van der Waals surface area contributed by atoms with Crippen LogP contribution in [0.1, 0.15) is 19.8 Å². The van der Waals surface area contributed by atoms with Crippen molar-refractivity contribution >= 4 is 46.6 Å². The molecule has 1 aromatic carbocycles. The van der Waals surface area contributed by atoms with Gasteiger partial charge in [0.15, 0.2) is 5.65 Å². The zero-order chi connectivity index (χ0) is 19.0. The van der Waals surface area contributed by atoms with Crippen LogP contribution in [0.15, 0.2) is 46.6 Å². The third-order valence-electron chi connectivity index (χ3n) is 5.26. The summed E-state index contributed by atoms with van der Waals surface area (Å²) in [5.74, 6) is 0.920. The first kappa shape index (κ1) is 18.9. The lowest BCUT2D eigenvalue weighted by Gasteiger charge is -2.39. The fraction of sp³-hybridized carbons (Fsp3) is 0.368. The summed E-state index contributed by atoms with van der Waals surface area (Å²) in [6.45, 7) is 4.88. The topological polar surface area (TPSA) is 59.5 Å². The maximum atomic E-state index is 6.34. The van der Waals surface area contributed by atoms with E-state index >= 15 is 0 Å². The highest BCUT2D eigenvalue weighted by molar-refractivity contribution is 7.99. The van der Waals surface area contributed by atoms with Gasteiger partial charge >= 0.3 is 0 Å². The van der Waals surface area contributed by atoms with Gasteiger partial charge in [-0.05, 0) is 36.9 Å². The lowest BCUT2D eigenvalue weighted by molar-refractivity contribution is 0.257. The van der Waals surface area contributed by atoms with Crippen LogP contribution in [0, 0.1) is 5.41 Å². The van der Waals surface area contributed by atoms with E-state index in [1.54, 1.807) is 12.3 Å². The molecule has 1 aliphatic rings. The Kier molecular flexibility index (Phi) is 5.25. The number of fused-ring (bicyclic) bond motifs is 1. The molecule has 4 rings (SSSR count). The van der Waals surface area contributed by atoms with E-state index < -0.39 is 0 Å². The molecular formula is C19H21Cl2N5S. The predicted molar refractivity (Wildman–Crippen MR) is 112 cm³/mol. The van der Waals surface area contributed by atoms with Crippen LogP contribution in [0.3, 0.4) is 0 Å². The number of benzene rings is 1. The first-order chi connectivity index (χ1) is 13.0. The number of aromatic nitrogens is 3. The van der Waals surface area contributed by atoms with Crippen LogP contribution in [0.4, 0.5) is 5.95 Å². The first-order valence-electron chi connectivity index (χ1n) is 8.90. The van der Waals surface area contributed by atoms with Gasteiger partial charge in [0.2, 0.25) is 5.95 Å². The van der Waals surface area contributed by atoms with E-state index in [1.807, 2.05) is 28.9 Å². The number of halogens is 2. The lowest BCUT2D eigenvalue weighted by atomic mass is 9.81. The number of hydrogen-bond donors (Lipinski definition) is 1. The van der Waals surface area contributed by atoms with Crippen LogP contribution >= 0.6 is 35.0 Å². The Balaban J connectivity index is 1.64. The Bertz CT molecular complexity index is 966. The number of hydrogen-bond acceptors (Lipinski definition) is 5. The molecule has 0 unspecified atom stereocenters. The van der Waals surface area contributed by atoms with Crippen LogP contribution in [0.5, 0.6) is 0 Å². The minimum atomic E-state index is 0.226. The van der Waals surface area contributed by atoms with Gasteiger partial charge in [-0.2, -0.15) is 0 Å². The van der Waals surface area contributed by atoms with Crippen LogP contribution in [-0.2, 0) is 0 Å². The van der Waals surface area contributed by atoms with E-state index in [0.29, 0.717) is 10.0 Å². The second-order valence-electron chi connectivity index (χ2n) is 7.20. The Labute approximate surface area is 172 Å². The van der Waals surface area contributed by atoms with Crippen molar-refractivity contribution in [1.29, 1.82) is 0 Å². The maximum Gasteiger partial charge on any atom is 0.211 e. The molecule has 2 aromatic heterocycles. The molecule has 3 aromatic rings. The summed E-state index contributed by atoms with van der Waals surface area (Å²) in [6, 6.07) is 5.62. The van der Waals surface area contributed by atoms with Gasteiger partial charge in [0.05, 0.1) is 14.9 Å². The standard InChI is InChI=1S/C19H21Cl2N5S/c1-19(12-22)5-8-25(9-6-19)18-24-11-15(17-23-7-10-26(17)18)27-14-4-2-3-13(20)16(14)21/h2-4,7,10-11H,5-6,8-9,12,22H2,1H3. The molecule has 0 saturated carbocycles. The zero-order valence-corrected chi connectivity index (χ0v) is 17.4. The van der Waals surface area contributed by atoms with Gasteiger partial charge in [0, 0.05) is 36.6 Å². The molecule has 142 valence electrons. The normalized spacial score (nSPS) is 16.8. The van der Waals surface area contributed by atoms with Crippen LogP contribution in [-0.4, -0.2) is 34.0 Å². The number of imidazole rings is 1. The van der Waals surface area contributed by atoms with E-state index in [-0.39, 0.29) is 5.41 Å². The predicted octanol–water partition coefficient (Wildman–Crippen LogP) is 4.75. The minimum absolute atomic E-state index is 0.226. The third-order valence-corrected chi connectivity index (χ3v) is 7.26. The second-order valence-corrected chi connectivity index (χ2v) is 9.07. The molecule has 8 heteroatoms. The molecule has 0 aliphatic carbocycles. The summed E-state index contributed by atoms with van der Waals surface area (Å²) in [5.41, 5.74) is 7.03. The molecule has 2 N–H and O–H groups in total. The molecular weight excluding hydrogens is 401 g/mol. The summed E-state index contributed by atoms with van der Waals surface area (Å²) < 4.78 is 2.05. The molecule has 1 fully saturated rings. The van der Waals surface area contributed by atoms with E-state index in [1.165, 1.54) is 11.8 Å². The third kappa shape index (κ3) is 3.63. The molecule has 1 saturated heterocycles. The Morgan fingerprint density at radius 3 is 2.70 bits per heavy atom. The molecule has 5 nitrogen and oxygen atoms in total. The van der Waals surface area contributed by atoms with Crippen LogP contribution < -0.4 is 10.6 Å². The van der Waals surface area contributed by atoms with Gasteiger partial charge in [-0.25, -0.2) is 9.97 Å². The lowest BCUT2D eigenvalue weighted by Crippen LogP contribution is -2.43. The molecule has 27 heavy (non-hydrogen) atoms. The van der Waals surface area contributed by atoms with Crippen molar-refractivity contribution < 1.29 is 0 Å². The van der Waals surface area contributed by atoms with Gasteiger partial charge in [-0.15, -0.1) is 0 Å². The average molecular weight is 422 g/mol. The monoisotopic (exact) mass is 421 g/mol. The largest absolute Gasteiger partial charge is 0.342 e. The maximum absolute atomic E-state index is 6.34. The van der Waals surface area contributed by atoms with Gasteiger partial charge in [0.25, 0.3) is 0 Å². The summed E-state index contributed by atoms with van der Waals surface area (Å²) in [5, 5.41) is 1.09. The Morgan fingerprint density at radius 2 is 1.96 bits per heavy atom. The van der Waals surface area contributed by atoms with Crippen molar-refractivity contribution in [2.24, 2.45) is 11.1 Å². The Hall–Kier alpha value is -1.47. The van der Waals surface area contributed by atoms with Crippen molar-refractivity contribution in [2.75, 3.05) is 24.5 Å². The molecule has 0 radical (unpaired) electrons. The highest BCUT2D eigenvalue weighted by Crippen LogP contribution is 2.39. The van der Waals surface area contributed by atoms with Crippen molar-refractivity contribution in [1.82, 2.24) is 14.4 Å². The Morgan fingerprint density at radius 1 is 1.19 bits per heavy atom. The highest BCUT2D eigenvalue weighted by atomic mass is 35.5. The summed E-state index contributed by atoms with van der Waals surface area (Å²) in [4.78, 5) is 13.4.